The van der Waals surface area contributed by atoms with Gasteiger partial charge in [-0.2, -0.15) is 0 Å². The SMILES string of the molecule is O=[N+]([O-])c1ccc(COS(=O)[O-])c([N+](=O)[O-])c1. The standard InChI is InChI=1S/C7H6N2O7S/c10-8(11)6-2-1-5(4-16-17(14)15)7(3-6)9(12)13/h1-3H,4H2,(H,14,15)/p-1. The third-order valence-electron chi connectivity index (χ3n) is 1.79. The van der Waals surface area contributed by atoms with Gasteiger partial charge in [0.25, 0.3) is 11.4 Å². The Hall–Kier alpha value is -1.91. The van der Waals surface area contributed by atoms with Gasteiger partial charge in [0.1, 0.15) is 0 Å². The van der Waals surface area contributed by atoms with E-state index >= 15 is 0 Å². The fraction of sp³-hybridized carbons (Fsp3) is 0.143. The lowest BCUT2D eigenvalue weighted by atomic mass is 10.2. The highest BCUT2D eigenvalue weighted by Gasteiger charge is 2.19. The van der Waals surface area contributed by atoms with Crippen molar-refractivity contribution in [2.24, 2.45) is 0 Å². The van der Waals surface area contributed by atoms with E-state index in [9.17, 15) is 29.0 Å². The van der Waals surface area contributed by atoms with Crippen molar-refractivity contribution in [3.8, 4) is 0 Å². The second-order valence-electron chi connectivity index (χ2n) is 2.79. The van der Waals surface area contributed by atoms with Gasteiger partial charge in [-0.3, -0.25) is 24.4 Å². The Balaban J connectivity index is 3.08. The van der Waals surface area contributed by atoms with Gasteiger partial charge in [0.2, 0.25) is 0 Å². The van der Waals surface area contributed by atoms with Gasteiger partial charge in [0, 0.05) is 6.07 Å². The first-order valence-electron chi connectivity index (χ1n) is 4.06. The van der Waals surface area contributed by atoms with E-state index in [1.165, 1.54) is 0 Å². The maximum absolute atomic E-state index is 10.6. The summed E-state index contributed by atoms with van der Waals surface area (Å²) in [5, 5.41) is 21.0. The van der Waals surface area contributed by atoms with Crippen LogP contribution in [0.25, 0.3) is 0 Å². The van der Waals surface area contributed by atoms with Crippen LogP contribution in [0, 0.1) is 20.2 Å². The fourth-order valence-electron chi connectivity index (χ4n) is 1.07. The second kappa shape index (κ2) is 5.43. The van der Waals surface area contributed by atoms with E-state index in [1.807, 2.05) is 0 Å². The molecule has 0 saturated heterocycles. The molecule has 10 heteroatoms. The summed E-state index contributed by atoms with van der Waals surface area (Å²) in [5.74, 6) is 0. The van der Waals surface area contributed by atoms with Gasteiger partial charge < -0.3 is 4.55 Å². The van der Waals surface area contributed by atoms with E-state index in [0.717, 1.165) is 18.2 Å². The molecule has 1 aromatic rings. The Bertz CT molecular complexity index is 489. The van der Waals surface area contributed by atoms with Crippen molar-refractivity contribution in [2.45, 2.75) is 6.61 Å². The summed E-state index contributed by atoms with van der Waals surface area (Å²) >= 11 is -2.81. The fourth-order valence-corrected chi connectivity index (χ4v) is 1.29. The molecule has 92 valence electrons. The first-order valence-corrected chi connectivity index (χ1v) is 5.06. The van der Waals surface area contributed by atoms with E-state index in [-0.39, 0.29) is 5.56 Å². The summed E-state index contributed by atoms with van der Waals surface area (Å²) in [6.45, 7) is -0.551. The van der Waals surface area contributed by atoms with Crippen molar-refractivity contribution in [2.75, 3.05) is 0 Å². The molecule has 17 heavy (non-hydrogen) atoms. The van der Waals surface area contributed by atoms with Gasteiger partial charge in [-0.05, 0) is 6.07 Å². The van der Waals surface area contributed by atoms with Gasteiger partial charge in [0.15, 0.2) is 0 Å². The third kappa shape index (κ3) is 3.55. The van der Waals surface area contributed by atoms with Gasteiger partial charge in [-0.15, -0.1) is 0 Å². The summed E-state index contributed by atoms with van der Waals surface area (Å²) in [7, 11) is 0. The zero-order valence-electron chi connectivity index (χ0n) is 8.10. The monoisotopic (exact) mass is 261 g/mol. The average molecular weight is 261 g/mol. The Morgan fingerprint density at radius 1 is 1.24 bits per heavy atom. The van der Waals surface area contributed by atoms with Gasteiger partial charge in [-0.25, -0.2) is 4.21 Å². The lowest BCUT2D eigenvalue weighted by Crippen LogP contribution is -2.01. The summed E-state index contributed by atoms with van der Waals surface area (Å²) in [4.78, 5) is 19.4. The largest absolute Gasteiger partial charge is 0.750 e. The Morgan fingerprint density at radius 2 is 1.88 bits per heavy atom. The minimum absolute atomic E-state index is 0.0650. The predicted octanol–water partition coefficient (Wildman–Crippen LogP) is 0.814. The highest BCUT2D eigenvalue weighted by molar-refractivity contribution is 7.74. The normalized spacial score (nSPS) is 12.1. The number of hydrogen-bond donors (Lipinski definition) is 0. The van der Waals surface area contributed by atoms with E-state index < -0.39 is 39.2 Å². The van der Waals surface area contributed by atoms with E-state index in [2.05, 4.69) is 4.18 Å². The number of nitrogens with zero attached hydrogens (tertiary/aromatic N) is 2. The number of hydrogen-bond acceptors (Lipinski definition) is 7. The molecule has 1 aromatic carbocycles. The van der Waals surface area contributed by atoms with Crippen LogP contribution in [0.2, 0.25) is 0 Å². The molecule has 0 amide bonds. The zero-order chi connectivity index (χ0) is 13.0. The number of nitro groups is 2. The minimum Gasteiger partial charge on any atom is -0.750 e. The smallest absolute Gasteiger partial charge is 0.281 e. The van der Waals surface area contributed by atoms with Crippen LogP contribution in [0.1, 0.15) is 5.56 Å². The topological polar surface area (TPSA) is 136 Å². The van der Waals surface area contributed by atoms with Gasteiger partial charge in [0.05, 0.1) is 39.4 Å². The summed E-state index contributed by atoms with van der Waals surface area (Å²) in [6, 6.07) is 2.84. The number of benzene rings is 1. The Labute approximate surface area is 96.8 Å². The molecule has 0 aliphatic carbocycles. The molecule has 0 heterocycles. The molecule has 0 bridgehead atoms. The molecule has 9 nitrogen and oxygen atoms in total. The maximum atomic E-state index is 10.6. The molecule has 1 rings (SSSR count). The number of non-ortho nitro benzene ring substituents is 1. The summed E-state index contributed by atoms with van der Waals surface area (Å²) < 4.78 is 24.4. The molecule has 0 spiro atoms. The Kier molecular flexibility index (Phi) is 4.20. The average Bonchev–Trinajstić information content (AvgIpc) is 2.25. The van der Waals surface area contributed by atoms with Crippen LogP contribution in [0.4, 0.5) is 11.4 Å². The van der Waals surface area contributed by atoms with Crippen LogP contribution in [-0.4, -0.2) is 18.6 Å². The first-order chi connectivity index (χ1) is 7.91. The molecule has 0 N–H and O–H groups in total. The summed E-state index contributed by atoms with van der Waals surface area (Å²) in [5.41, 5.74) is -1.09. The predicted molar refractivity (Wildman–Crippen MR) is 53.5 cm³/mol. The maximum Gasteiger partial charge on any atom is 0.281 e. The van der Waals surface area contributed by atoms with Crippen LogP contribution in [-0.2, 0) is 22.2 Å². The van der Waals surface area contributed by atoms with Crippen molar-refractivity contribution >= 4 is 22.7 Å². The first kappa shape index (κ1) is 13.2. The molecule has 0 aliphatic heterocycles. The molecule has 0 aliphatic rings. The molecule has 0 saturated carbocycles. The zero-order valence-corrected chi connectivity index (χ0v) is 8.92. The van der Waals surface area contributed by atoms with Crippen LogP contribution >= 0.6 is 0 Å². The summed E-state index contributed by atoms with van der Waals surface area (Å²) in [6.07, 6.45) is 0. The third-order valence-corrected chi connectivity index (χ3v) is 2.10. The second-order valence-corrected chi connectivity index (χ2v) is 3.44. The minimum atomic E-state index is -2.81. The van der Waals surface area contributed by atoms with Crippen molar-refractivity contribution in [1.29, 1.82) is 0 Å². The number of rotatable bonds is 5. The van der Waals surface area contributed by atoms with Crippen LogP contribution in [0.5, 0.6) is 0 Å². The molecule has 0 aromatic heterocycles. The van der Waals surface area contributed by atoms with Crippen molar-refractivity contribution in [3.05, 3.63) is 44.0 Å². The molecular weight excluding hydrogens is 256 g/mol. The van der Waals surface area contributed by atoms with Gasteiger partial charge >= 0.3 is 0 Å². The van der Waals surface area contributed by atoms with Crippen LogP contribution in [0.3, 0.4) is 0 Å². The van der Waals surface area contributed by atoms with E-state index in [4.69, 9.17) is 0 Å². The quantitative estimate of drug-likeness (QED) is 0.434. The molecule has 0 fully saturated rings. The molecular formula is C7H5N2O7S-. The van der Waals surface area contributed by atoms with E-state index in [0.29, 0.717) is 0 Å². The van der Waals surface area contributed by atoms with Crippen molar-refractivity contribution < 1.29 is 22.8 Å². The van der Waals surface area contributed by atoms with Crippen molar-refractivity contribution in [3.63, 3.8) is 0 Å². The molecule has 1 unspecified atom stereocenters. The van der Waals surface area contributed by atoms with E-state index in [1.54, 1.807) is 0 Å². The molecule has 1 atom stereocenters. The Morgan fingerprint density at radius 3 is 2.35 bits per heavy atom. The lowest BCUT2D eigenvalue weighted by Gasteiger charge is -2.06. The highest BCUT2D eigenvalue weighted by atomic mass is 32.2. The van der Waals surface area contributed by atoms with Crippen LogP contribution in [0.15, 0.2) is 18.2 Å². The van der Waals surface area contributed by atoms with Gasteiger partial charge in [-0.1, -0.05) is 0 Å². The van der Waals surface area contributed by atoms with Crippen LogP contribution < -0.4 is 0 Å². The molecule has 0 radical (unpaired) electrons. The number of nitro benzene ring substituents is 2. The lowest BCUT2D eigenvalue weighted by molar-refractivity contribution is -0.394. The highest BCUT2D eigenvalue weighted by Crippen LogP contribution is 2.25. The van der Waals surface area contributed by atoms with Crippen molar-refractivity contribution in [1.82, 2.24) is 0 Å².